The van der Waals surface area contributed by atoms with Crippen LogP contribution in [0.1, 0.15) is 13.3 Å². The zero-order valence-corrected chi connectivity index (χ0v) is 7.16. The van der Waals surface area contributed by atoms with Crippen molar-refractivity contribution in [3.63, 3.8) is 0 Å². The second-order valence-corrected chi connectivity index (χ2v) is 4.02. The summed E-state index contributed by atoms with van der Waals surface area (Å²) >= 11 is 0. The van der Waals surface area contributed by atoms with Crippen molar-refractivity contribution < 1.29 is 5.11 Å². The number of rotatable bonds is 3. The molecule has 1 aliphatic heterocycles. The van der Waals surface area contributed by atoms with E-state index in [2.05, 4.69) is 11.8 Å². The minimum Gasteiger partial charge on any atom is -0.396 e. The van der Waals surface area contributed by atoms with Gasteiger partial charge in [-0.25, -0.2) is 0 Å². The smallest absolute Gasteiger partial charge is 0.0443 e. The zero-order valence-electron chi connectivity index (χ0n) is 7.16. The fraction of sp³-hybridized carbons (Fsp3) is 1.00. The number of hydrogen-bond donors (Lipinski definition) is 1. The molecular weight excluding hydrogens is 138 g/mol. The number of aliphatic hydroxyl groups is 1. The van der Waals surface area contributed by atoms with Crippen LogP contribution >= 0.6 is 0 Å². The molecule has 64 valence electrons. The number of hydrogen-bond acceptors (Lipinski definition) is 2. The molecule has 3 atom stereocenters. The summed E-state index contributed by atoms with van der Waals surface area (Å²) in [6.45, 7) is 6.41. The first kappa shape index (κ1) is 7.56. The summed E-state index contributed by atoms with van der Waals surface area (Å²) in [6, 6.07) is 0. The van der Waals surface area contributed by atoms with Crippen molar-refractivity contribution in [1.29, 1.82) is 0 Å². The third kappa shape index (κ3) is 1.30. The lowest BCUT2D eigenvalue weighted by Crippen LogP contribution is -2.25. The van der Waals surface area contributed by atoms with Gasteiger partial charge in [0.05, 0.1) is 0 Å². The molecule has 2 fully saturated rings. The summed E-state index contributed by atoms with van der Waals surface area (Å²) in [5.41, 5.74) is 0. The average molecular weight is 155 g/mol. The molecule has 2 aliphatic rings. The molecule has 2 rings (SSSR count). The summed E-state index contributed by atoms with van der Waals surface area (Å²) in [5.74, 6) is 3.02. The van der Waals surface area contributed by atoms with Gasteiger partial charge < -0.3 is 10.0 Å². The van der Waals surface area contributed by atoms with Gasteiger partial charge in [-0.3, -0.25) is 0 Å². The van der Waals surface area contributed by atoms with E-state index in [1.165, 1.54) is 13.1 Å². The van der Waals surface area contributed by atoms with Gasteiger partial charge in [0, 0.05) is 26.2 Å². The van der Waals surface area contributed by atoms with E-state index in [1.807, 2.05) is 0 Å². The highest BCUT2D eigenvalue weighted by atomic mass is 16.3. The maximum absolute atomic E-state index is 8.63. The van der Waals surface area contributed by atoms with Crippen LogP contribution in [0.25, 0.3) is 0 Å². The Kier molecular flexibility index (Phi) is 1.90. The highest BCUT2D eigenvalue weighted by Crippen LogP contribution is 2.50. The van der Waals surface area contributed by atoms with E-state index in [4.69, 9.17) is 5.11 Å². The molecule has 1 saturated heterocycles. The standard InChI is InChI=1S/C9H17NO/c1-7-8-5-10(3-2-4-11)6-9(7)8/h7-9,11H,2-6H2,1H3/t7-,8-,9?/m0/s1. The predicted octanol–water partition coefficient (Wildman–Crippen LogP) is 0.567. The van der Waals surface area contributed by atoms with Gasteiger partial charge in [0.2, 0.25) is 0 Å². The van der Waals surface area contributed by atoms with Crippen molar-refractivity contribution in [3.05, 3.63) is 0 Å². The van der Waals surface area contributed by atoms with Gasteiger partial charge in [0.15, 0.2) is 0 Å². The van der Waals surface area contributed by atoms with E-state index in [9.17, 15) is 0 Å². The molecule has 1 unspecified atom stereocenters. The van der Waals surface area contributed by atoms with Gasteiger partial charge in [0.25, 0.3) is 0 Å². The van der Waals surface area contributed by atoms with Crippen LogP contribution in [0.5, 0.6) is 0 Å². The molecule has 1 saturated carbocycles. The minimum atomic E-state index is 0.349. The first-order chi connectivity index (χ1) is 5.33. The van der Waals surface area contributed by atoms with Gasteiger partial charge in [0.1, 0.15) is 0 Å². The van der Waals surface area contributed by atoms with Gasteiger partial charge in [-0.05, 0) is 24.2 Å². The first-order valence-electron chi connectivity index (χ1n) is 4.66. The fourth-order valence-corrected chi connectivity index (χ4v) is 2.39. The van der Waals surface area contributed by atoms with E-state index in [1.54, 1.807) is 0 Å². The molecule has 0 bridgehead atoms. The normalized spacial score (nSPS) is 42.5. The van der Waals surface area contributed by atoms with Gasteiger partial charge in [-0.2, -0.15) is 0 Å². The monoisotopic (exact) mass is 155 g/mol. The lowest BCUT2D eigenvalue weighted by Gasteiger charge is -2.17. The lowest BCUT2D eigenvalue weighted by atomic mass is 10.3. The highest BCUT2D eigenvalue weighted by Gasteiger charge is 2.52. The molecule has 0 spiro atoms. The molecular formula is C9H17NO. The topological polar surface area (TPSA) is 23.5 Å². The molecule has 0 amide bonds. The third-order valence-electron chi connectivity index (χ3n) is 3.33. The fourth-order valence-electron chi connectivity index (χ4n) is 2.39. The summed E-state index contributed by atoms with van der Waals surface area (Å²) in [7, 11) is 0. The Morgan fingerprint density at radius 1 is 1.36 bits per heavy atom. The van der Waals surface area contributed by atoms with Crippen LogP contribution in [0.4, 0.5) is 0 Å². The predicted molar refractivity (Wildman–Crippen MR) is 44.3 cm³/mol. The summed E-state index contributed by atoms with van der Waals surface area (Å²) in [5, 5.41) is 8.63. The SMILES string of the molecule is C[C@@H]1C2CN(CCCO)C[C@H]21. The van der Waals surface area contributed by atoms with E-state index >= 15 is 0 Å². The van der Waals surface area contributed by atoms with Crippen molar-refractivity contribution in [3.8, 4) is 0 Å². The second kappa shape index (κ2) is 2.76. The van der Waals surface area contributed by atoms with Crippen molar-refractivity contribution >= 4 is 0 Å². The van der Waals surface area contributed by atoms with Crippen LogP contribution in [-0.2, 0) is 0 Å². The van der Waals surface area contributed by atoms with Crippen LogP contribution in [0.3, 0.4) is 0 Å². The largest absolute Gasteiger partial charge is 0.396 e. The lowest BCUT2D eigenvalue weighted by molar-refractivity contribution is 0.231. The maximum atomic E-state index is 8.63. The van der Waals surface area contributed by atoms with E-state index in [-0.39, 0.29) is 0 Å². The Balaban J connectivity index is 1.69. The Labute approximate surface area is 68.2 Å². The molecule has 11 heavy (non-hydrogen) atoms. The number of likely N-dealkylation sites (tertiary alicyclic amines) is 1. The van der Waals surface area contributed by atoms with Gasteiger partial charge in [-0.15, -0.1) is 0 Å². The van der Waals surface area contributed by atoms with Crippen LogP contribution < -0.4 is 0 Å². The molecule has 2 heteroatoms. The Bertz CT molecular complexity index is 136. The molecule has 1 N–H and O–H groups in total. The first-order valence-corrected chi connectivity index (χ1v) is 4.66. The quantitative estimate of drug-likeness (QED) is 0.644. The zero-order chi connectivity index (χ0) is 7.84. The Morgan fingerprint density at radius 3 is 2.55 bits per heavy atom. The minimum absolute atomic E-state index is 0.349. The van der Waals surface area contributed by atoms with Gasteiger partial charge in [-0.1, -0.05) is 6.92 Å². The average Bonchev–Trinajstić information content (AvgIpc) is 2.54. The maximum Gasteiger partial charge on any atom is 0.0443 e. The molecule has 0 aromatic rings. The van der Waals surface area contributed by atoms with Crippen molar-refractivity contribution in [1.82, 2.24) is 4.90 Å². The van der Waals surface area contributed by atoms with Gasteiger partial charge >= 0.3 is 0 Å². The molecule has 0 radical (unpaired) electrons. The van der Waals surface area contributed by atoms with Crippen molar-refractivity contribution in [2.24, 2.45) is 17.8 Å². The molecule has 2 nitrogen and oxygen atoms in total. The van der Waals surface area contributed by atoms with Crippen LogP contribution in [0, 0.1) is 17.8 Å². The summed E-state index contributed by atoms with van der Waals surface area (Å²) in [4.78, 5) is 2.49. The van der Waals surface area contributed by atoms with E-state index in [0.29, 0.717) is 6.61 Å². The summed E-state index contributed by atoms with van der Waals surface area (Å²) in [6.07, 6.45) is 0.952. The van der Waals surface area contributed by atoms with E-state index in [0.717, 1.165) is 30.7 Å². The van der Waals surface area contributed by atoms with Crippen LogP contribution in [0.15, 0.2) is 0 Å². The van der Waals surface area contributed by atoms with Crippen molar-refractivity contribution in [2.45, 2.75) is 13.3 Å². The number of fused-ring (bicyclic) bond motifs is 1. The van der Waals surface area contributed by atoms with Crippen LogP contribution in [0.2, 0.25) is 0 Å². The summed E-state index contributed by atoms with van der Waals surface area (Å²) < 4.78 is 0. The third-order valence-corrected chi connectivity index (χ3v) is 3.33. The second-order valence-electron chi connectivity index (χ2n) is 4.02. The number of piperidine rings is 1. The molecule has 0 aromatic carbocycles. The number of aliphatic hydroxyl groups excluding tert-OH is 1. The molecule has 1 aliphatic carbocycles. The Morgan fingerprint density at radius 2 is 2.00 bits per heavy atom. The molecule has 0 aromatic heterocycles. The number of nitrogens with zero attached hydrogens (tertiary/aromatic N) is 1. The van der Waals surface area contributed by atoms with Crippen LogP contribution in [-0.4, -0.2) is 36.2 Å². The highest BCUT2D eigenvalue weighted by molar-refractivity contribution is 5.02. The Hall–Kier alpha value is -0.0800. The molecule has 1 heterocycles. The van der Waals surface area contributed by atoms with E-state index < -0.39 is 0 Å². The van der Waals surface area contributed by atoms with Crippen molar-refractivity contribution in [2.75, 3.05) is 26.2 Å².